The topological polar surface area (TPSA) is 61.9 Å². The highest BCUT2D eigenvalue weighted by Crippen LogP contribution is 2.43. The van der Waals surface area contributed by atoms with E-state index in [1.165, 1.54) is 25.2 Å². The lowest BCUT2D eigenvalue weighted by molar-refractivity contribution is -0.139. The van der Waals surface area contributed by atoms with E-state index in [0.717, 1.165) is 33.8 Å². The first kappa shape index (κ1) is 18.3. The van der Waals surface area contributed by atoms with Gasteiger partial charge in [0.05, 0.1) is 11.3 Å². The fourth-order valence-electron chi connectivity index (χ4n) is 3.17. The zero-order valence-electron chi connectivity index (χ0n) is 15.0. The Balaban J connectivity index is 1.74. The molecular weight excluding hydrogens is 373 g/mol. The maximum absolute atomic E-state index is 13.2. The third kappa shape index (κ3) is 3.39. The number of ether oxygens (including phenoxy) is 1. The smallest absolute Gasteiger partial charge is 0.419 e. The minimum absolute atomic E-state index is 0.113. The third-order valence-electron chi connectivity index (χ3n) is 4.72. The number of halogens is 3. The summed E-state index contributed by atoms with van der Waals surface area (Å²) in [5.74, 6) is 0.0572. The molecular formula is C19H17F3N4O2. The summed E-state index contributed by atoms with van der Waals surface area (Å²) in [6.45, 7) is -0.113. The first-order valence-corrected chi connectivity index (χ1v) is 8.76. The number of para-hydroxylation sites is 1. The van der Waals surface area contributed by atoms with Crippen LogP contribution in [-0.2, 0) is 19.8 Å². The molecule has 0 atom stereocenters. The highest BCUT2D eigenvalue weighted by atomic mass is 19.4. The molecule has 0 bridgehead atoms. The number of aryl methyl sites for hydroxylation is 1. The zero-order chi connectivity index (χ0) is 19.9. The van der Waals surface area contributed by atoms with E-state index < -0.39 is 17.4 Å². The van der Waals surface area contributed by atoms with Gasteiger partial charge in [0.1, 0.15) is 12.4 Å². The van der Waals surface area contributed by atoms with Crippen LogP contribution in [0.1, 0.15) is 35.4 Å². The molecule has 1 aromatic heterocycles. The Morgan fingerprint density at radius 3 is 2.50 bits per heavy atom. The summed E-state index contributed by atoms with van der Waals surface area (Å²) >= 11 is 0. The summed E-state index contributed by atoms with van der Waals surface area (Å²) in [4.78, 5) is 12.3. The molecule has 0 aliphatic heterocycles. The van der Waals surface area contributed by atoms with Gasteiger partial charge in [-0.2, -0.15) is 22.5 Å². The van der Waals surface area contributed by atoms with E-state index in [2.05, 4.69) is 10.4 Å². The van der Waals surface area contributed by atoms with Gasteiger partial charge in [0.2, 0.25) is 0 Å². The Bertz CT molecular complexity index is 1070. The van der Waals surface area contributed by atoms with Crippen LogP contribution in [0, 0.1) is 0 Å². The zero-order valence-corrected chi connectivity index (χ0v) is 15.0. The molecule has 1 aliphatic rings. The molecule has 0 radical (unpaired) electrons. The number of nitrogens with zero attached hydrogens (tertiary/aromatic N) is 4. The van der Waals surface area contributed by atoms with Crippen molar-refractivity contribution in [1.82, 2.24) is 19.8 Å². The highest BCUT2D eigenvalue weighted by Gasteiger charge is 2.34. The van der Waals surface area contributed by atoms with E-state index in [0.29, 0.717) is 17.2 Å². The second kappa shape index (κ2) is 6.81. The minimum atomic E-state index is -4.52. The molecule has 28 heavy (non-hydrogen) atoms. The van der Waals surface area contributed by atoms with Gasteiger partial charge in [-0.25, -0.2) is 4.79 Å². The van der Waals surface area contributed by atoms with E-state index in [4.69, 9.17) is 4.74 Å². The number of alkyl halides is 3. The van der Waals surface area contributed by atoms with Crippen molar-refractivity contribution in [2.24, 2.45) is 7.05 Å². The second-order valence-electron chi connectivity index (χ2n) is 6.70. The van der Waals surface area contributed by atoms with Crippen molar-refractivity contribution < 1.29 is 17.9 Å². The first-order valence-electron chi connectivity index (χ1n) is 8.76. The lowest BCUT2D eigenvalue weighted by Crippen LogP contribution is -2.23. The number of benzene rings is 2. The van der Waals surface area contributed by atoms with E-state index in [9.17, 15) is 18.0 Å². The molecule has 2 aromatic carbocycles. The summed E-state index contributed by atoms with van der Waals surface area (Å²) in [6, 6.07) is 10.5. The first-order chi connectivity index (χ1) is 13.4. The van der Waals surface area contributed by atoms with Crippen molar-refractivity contribution in [3.8, 4) is 11.4 Å². The summed E-state index contributed by atoms with van der Waals surface area (Å²) in [5.41, 5.74) is 0.790. The van der Waals surface area contributed by atoms with Gasteiger partial charge in [0.15, 0.2) is 0 Å². The fourth-order valence-corrected chi connectivity index (χ4v) is 3.17. The Morgan fingerprint density at radius 1 is 1.11 bits per heavy atom. The van der Waals surface area contributed by atoms with Crippen LogP contribution in [0.15, 0.2) is 47.3 Å². The average molecular weight is 390 g/mol. The molecule has 4 rings (SSSR count). The van der Waals surface area contributed by atoms with Gasteiger partial charge in [-0.1, -0.05) is 24.3 Å². The third-order valence-corrected chi connectivity index (χ3v) is 4.72. The van der Waals surface area contributed by atoms with Gasteiger partial charge >= 0.3 is 11.9 Å². The van der Waals surface area contributed by atoms with E-state index in [-0.39, 0.29) is 12.4 Å². The Labute approximate surface area is 158 Å². The van der Waals surface area contributed by atoms with Crippen LogP contribution in [0.2, 0.25) is 0 Å². The molecule has 1 heterocycles. The number of rotatable bonds is 5. The molecule has 146 valence electrons. The minimum Gasteiger partial charge on any atom is -0.488 e. The molecule has 9 heteroatoms. The van der Waals surface area contributed by atoms with E-state index in [1.807, 2.05) is 6.07 Å². The molecule has 0 N–H and O–H groups in total. The molecule has 1 saturated carbocycles. The maximum Gasteiger partial charge on any atom is 0.419 e. The van der Waals surface area contributed by atoms with Crippen LogP contribution in [0.3, 0.4) is 0 Å². The van der Waals surface area contributed by atoms with Crippen molar-refractivity contribution in [2.45, 2.75) is 31.5 Å². The van der Waals surface area contributed by atoms with Gasteiger partial charge in [-0.05, 0) is 52.9 Å². The lowest BCUT2D eigenvalue weighted by Gasteiger charge is -2.17. The molecule has 0 amide bonds. The average Bonchev–Trinajstić information content (AvgIpc) is 3.46. The maximum atomic E-state index is 13.2. The van der Waals surface area contributed by atoms with Crippen molar-refractivity contribution in [3.05, 3.63) is 69.6 Å². The second-order valence-corrected chi connectivity index (χ2v) is 6.70. The van der Waals surface area contributed by atoms with E-state index in [1.54, 1.807) is 12.1 Å². The molecule has 3 aromatic rings. The standard InChI is InChI=1S/C19H17F3N4O2/c1-25-18(27)26(24-23-25)16-7-4-5-13(12-9-10-12)14(16)11-28-17-8-3-2-6-15(17)19(20,21)22/h2-8,12H,9-11H2,1H3. The molecule has 1 fully saturated rings. The Hall–Kier alpha value is -3.10. The van der Waals surface area contributed by atoms with E-state index >= 15 is 0 Å². The summed E-state index contributed by atoms with van der Waals surface area (Å²) < 4.78 is 47.6. The summed E-state index contributed by atoms with van der Waals surface area (Å²) in [7, 11) is 1.48. The number of hydrogen-bond acceptors (Lipinski definition) is 4. The van der Waals surface area contributed by atoms with Crippen molar-refractivity contribution >= 4 is 0 Å². The molecule has 0 unspecified atom stereocenters. The molecule has 1 aliphatic carbocycles. The number of aromatic nitrogens is 4. The van der Waals surface area contributed by atoms with Gasteiger partial charge in [-0.3, -0.25) is 0 Å². The Morgan fingerprint density at radius 2 is 1.86 bits per heavy atom. The van der Waals surface area contributed by atoms with Crippen molar-refractivity contribution in [1.29, 1.82) is 0 Å². The molecule has 6 nitrogen and oxygen atoms in total. The number of tetrazole rings is 1. The van der Waals surface area contributed by atoms with Crippen molar-refractivity contribution in [2.75, 3.05) is 0 Å². The summed E-state index contributed by atoms with van der Waals surface area (Å²) in [5, 5.41) is 7.58. The van der Waals surface area contributed by atoms with Gasteiger partial charge in [0.25, 0.3) is 0 Å². The largest absolute Gasteiger partial charge is 0.488 e. The molecule has 0 spiro atoms. The summed E-state index contributed by atoms with van der Waals surface area (Å²) in [6.07, 6.45) is -2.53. The van der Waals surface area contributed by atoms with Crippen LogP contribution >= 0.6 is 0 Å². The highest BCUT2D eigenvalue weighted by molar-refractivity contribution is 5.48. The SMILES string of the molecule is Cn1nnn(-c2cccc(C3CC3)c2COc2ccccc2C(F)(F)F)c1=O. The lowest BCUT2D eigenvalue weighted by atomic mass is 10.0. The molecule has 0 saturated heterocycles. The monoisotopic (exact) mass is 390 g/mol. The number of hydrogen-bond donors (Lipinski definition) is 0. The van der Waals surface area contributed by atoms with Gasteiger partial charge in [-0.15, -0.1) is 0 Å². The van der Waals surface area contributed by atoms with Crippen LogP contribution < -0.4 is 10.4 Å². The Kier molecular flexibility index (Phi) is 4.44. The quantitative estimate of drug-likeness (QED) is 0.670. The van der Waals surface area contributed by atoms with Crippen LogP contribution in [0.5, 0.6) is 5.75 Å². The normalized spacial score (nSPS) is 14.3. The van der Waals surface area contributed by atoms with Crippen LogP contribution in [0.4, 0.5) is 13.2 Å². The van der Waals surface area contributed by atoms with Crippen LogP contribution in [-0.4, -0.2) is 19.8 Å². The van der Waals surface area contributed by atoms with Crippen molar-refractivity contribution in [3.63, 3.8) is 0 Å². The van der Waals surface area contributed by atoms with Crippen LogP contribution in [0.25, 0.3) is 5.69 Å². The fraction of sp³-hybridized carbons (Fsp3) is 0.316. The van der Waals surface area contributed by atoms with Gasteiger partial charge in [0, 0.05) is 12.6 Å². The predicted molar refractivity (Wildman–Crippen MR) is 94.4 cm³/mol. The predicted octanol–water partition coefficient (Wildman–Crippen LogP) is 3.44. The van der Waals surface area contributed by atoms with Gasteiger partial charge < -0.3 is 4.74 Å².